The van der Waals surface area contributed by atoms with E-state index in [0.717, 1.165) is 25.3 Å². The Labute approximate surface area is 113 Å². The molecule has 0 N–H and O–H groups in total. The molecule has 2 rings (SSSR count). The highest BCUT2D eigenvalue weighted by atomic mass is 32.1. The van der Waals surface area contributed by atoms with Crippen LogP contribution in [0.2, 0.25) is 0 Å². The zero-order valence-corrected chi connectivity index (χ0v) is 11.5. The first-order valence-corrected chi connectivity index (χ1v) is 6.63. The number of carbonyl (C=O) groups is 1. The van der Waals surface area contributed by atoms with Crippen molar-refractivity contribution in [3.8, 4) is 0 Å². The molecule has 0 spiro atoms. The van der Waals surface area contributed by atoms with E-state index in [1.165, 1.54) is 0 Å². The summed E-state index contributed by atoms with van der Waals surface area (Å²) in [5, 5.41) is 0.183. The quantitative estimate of drug-likeness (QED) is 0.615. The second kappa shape index (κ2) is 5.65. The number of hydrogen-bond acceptors (Lipinski definition) is 5. The molecule has 0 aromatic carbocycles. The van der Waals surface area contributed by atoms with Gasteiger partial charge in [0.15, 0.2) is 0 Å². The molecule has 6 heteroatoms. The van der Waals surface area contributed by atoms with E-state index in [-0.39, 0.29) is 24.0 Å². The van der Waals surface area contributed by atoms with Crippen molar-refractivity contribution in [1.29, 1.82) is 0 Å². The molecule has 18 heavy (non-hydrogen) atoms. The fourth-order valence-corrected chi connectivity index (χ4v) is 2.76. The number of aliphatic imine (C=N–C) groups is 1. The Hall–Kier alpha value is -1.17. The first kappa shape index (κ1) is 13.3. The molecule has 0 unspecified atom stereocenters. The average Bonchev–Trinajstić information content (AvgIpc) is 2.91. The number of rotatable bonds is 3. The van der Waals surface area contributed by atoms with Gasteiger partial charge in [0.1, 0.15) is 12.4 Å². The molecule has 0 aromatic heterocycles. The number of ether oxygens (including phenoxy) is 1. The normalized spacial score (nSPS) is 27.3. The Balaban J connectivity index is 2.07. The third-order valence-corrected chi connectivity index (χ3v) is 3.61. The Morgan fingerprint density at radius 3 is 3.11 bits per heavy atom. The topological polar surface area (TPSA) is 45.1 Å². The van der Waals surface area contributed by atoms with Gasteiger partial charge in [-0.25, -0.2) is 4.79 Å². The summed E-state index contributed by atoms with van der Waals surface area (Å²) in [6.45, 7) is 6.10. The van der Waals surface area contributed by atoms with E-state index in [2.05, 4.69) is 29.1 Å². The van der Waals surface area contributed by atoms with Gasteiger partial charge in [-0.05, 0) is 6.42 Å². The van der Waals surface area contributed by atoms with Crippen LogP contribution in [0.3, 0.4) is 0 Å². The second-order valence-electron chi connectivity index (χ2n) is 4.58. The SMILES string of the molecule is C=CCOC(=O)N1C[C@@H](S)C[C@H]1C1=NCCN1C. The molecule has 1 saturated heterocycles. The number of nitrogens with zero attached hydrogens (tertiary/aromatic N) is 3. The summed E-state index contributed by atoms with van der Waals surface area (Å²) in [7, 11) is 2.00. The molecule has 2 atom stereocenters. The largest absolute Gasteiger partial charge is 0.445 e. The van der Waals surface area contributed by atoms with Gasteiger partial charge in [-0.3, -0.25) is 9.89 Å². The van der Waals surface area contributed by atoms with E-state index in [1.807, 2.05) is 7.05 Å². The standard InChI is InChI=1S/C12H19N3O2S/c1-3-6-17-12(16)15-8-9(18)7-10(15)11-13-4-5-14(11)2/h3,9-10,18H,1,4-8H2,2H3/t9-,10-/m0/s1. The fraction of sp³-hybridized carbons (Fsp3) is 0.667. The lowest BCUT2D eigenvalue weighted by atomic mass is 10.2. The predicted molar refractivity (Wildman–Crippen MR) is 74.4 cm³/mol. The lowest BCUT2D eigenvalue weighted by Gasteiger charge is -2.27. The van der Waals surface area contributed by atoms with Gasteiger partial charge in [0, 0.05) is 25.4 Å². The zero-order valence-electron chi connectivity index (χ0n) is 10.6. The van der Waals surface area contributed by atoms with Gasteiger partial charge in [-0.1, -0.05) is 12.7 Å². The molecule has 0 bridgehead atoms. The van der Waals surface area contributed by atoms with Gasteiger partial charge >= 0.3 is 6.09 Å². The highest BCUT2D eigenvalue weighted by molar-refractivity contribution is 7.81. The number of likely N-dealkylation sites (N-methyl/N-ethyl adjacent to an activating group) is 1. The number of likely N-dealkylation sites (tertiary alicyclic amines) is 1. The maximum atomic E-state index is 12.0. The van der Waals surface area contributed by atoms with E-state index in [9.17, 15) is 4.79 Å². The number of hydrogen-bond donors (Lipinski definition) is 1. The van der Waals surface area contributed by atoms with E-state index in [0.29, 0.717) is 6.54 Å². The van der Waals surface area contributed by atoms with Crippen LogP contribution >= 0.6 is 12.6 Å². The molecular weight excluding hydrogens is 250 g/mol. The highest BCUT2D eigenvalue weighted by Gasteiger charge is 2.39. The maximum absolute atomic E-state index is 12.0. The third kappa shape index (κ3) is 2.63. The summed E-state index contributed by atoms with van der Waals surface area (Å²) in [4.78, 5) is 20.3. The lowest BCUT2D eigenvalue weighted by molar-refractivity contribution is 0.115. The first-order chi connectivity index (χ1) is 8.63. The molecule has 0 radical (unpaired) electrons. The third-order valence-electron chi connectivity index (χ3n) is 3.24. The summed E-state index contributed by atoms with van der Waals surface area (Å²) in [6, 6.07) is -0.00249. The highest BCUT2D eigenvalue weighted by Crippen LogP contribution is 2.25. The van der Waals surface area contributed by atoms with E-state index >= 15 is 0 Å². The fourth-order valence-electron chi connectivity index (χ4n) is 2.38. The monoisotopic (exact) mass is 269 g/mol. The van der Waals surface area contributed by atoms with Crippen LogP contribution in [0.15, 0.2) is 17.6 Å². The van der Waals surface area contributed by atoms with Crippen molar-refractivity contribution in [2.45, 2.75) is 17.7 Å². The van der Waals surface area contributed by atoms with Crippen molar-refractivity contribution in [2.75, 3.05) is 33.3 Å². The molecule has 0 saturated carbocycles. The predicted octanol–water partition coefficient (Wildman–Crippen LogP) is 1.03. The smallest absolute Gasteiger partial charge is 0.410 e. The molecule has 0 aromatic rings. The average molecular weight is 269 g/mol. The lowest BCUT2D eigenvalue weighted by Crippen LogP contribution is -2.45. The molecule has 2 aliphatic rings. The number of thiol groups is 1. The van der Waals surface area contributed by atoms with Crippen LogP contribution in [-0.2, 0) is 4.74 Å². The van der Waals surface area contributed by atoms with Crippen LogP contribution in [-0.4, -0.2) is 66.3 Å². The molecular formula is C12H19N3O2S. The molecule has 1 amide bonds. The molecule has 1 fully saturated rings. The molecule has 100 valence electrons. The Kier molecular flexibility index (Phi) is 4.16. The molecule has 2 aliphatic heterocycles. The van der Waals surface area contributed by atoms with Crippen LogP contribution < -0.4 is 0 Å². The van der Waals surface area contributed by atoms with Crippen molar-refractivity contribution in [3.63, 3.8) is 0 Å². The maximum Gasteiger partial charge on any atom is 0.410 e. The van der Waals surface area contributed by atoms with E-state index < -0.39 is 0 Å². The van der Waals surface area contributed by atoms with Crippen LogP contribution in [0.5, 0.6) is 0 Å². The van der Waals surface area contributed by atoms with Crippen molar-refractivity contribution < 1.29 is 9.53 Å². The minimum atomic E-state index is -0.306. The summed E-state index contributed by atoms with van der Waals surface area (Å²) in [6.07, 6.45) is 2.09. The van der Waals surface area contributed by atoms with Gasteiger partial charge in [0.2, 0.25) is 0 Å². The van der Waals surface area contributed by atoms with Crippen LogP contribution in [0.4, 0.5) is 4.79 Å². The van der Waals surface area contributed by atoms with Crippen molar-refractivity contribution in [2.24, 2.45) is 4.99 Å². The molecule has 2 heterocycles. The van der Waals surface area contributed by atoms with Crippen molar-refractivity contribution in [3.05, 3.63) is 12.7 Å². The van der Waals surface area contributed by atoms with Gasteiger partial charge in [-0.2, -0.15) is 12.6 Å². The van der Waals surface area contributed by atoms with Gasteiger partial charge in [0.25, 0.3) is 0 Å². The number of amidine groups is 1. The minimum Gasteiger partial charge on any atom is -0.445 e. The van der Waals surface area contributed by atoms with E-state index in [1.54, 1.807) is 11.0 Å². The first-order valence-electron chi connectivity index (χ1n) is 6.11. The Bertz CT molecular complexity index is 372. The number of amides is 1. The van der Waals surface area contributed by atoms with Crippen LogP contribution in [0.1, 0.15) is 6.42 Å². The van der Waals surface area contributed by atoms with Crippen LogP contribution in [0, 0.1) is 0 Å². The van der Waals surface area contributed by atoms with Gasteiger partial charge in [-0.15, -0.1) is 0 Å². The minimum absolute atomic E-state index is 0.00249. The molecule has 0 aliphatic carbocycles. The Morgan fingerprint density at radius 1 is 1.72 bits per heavy atom. The van der Waals surface area contributed by atoms with Gasteiger partial charge in [0.05, 0.1) is 12.6 Å². The Morgan fingerprint density at radius 2 is 2.50 bits per heavy atom. The summed E-state index contributed by atoms with van der Waals surface area (Å²) < 4.78 is 5.11. The summed E-state index contributed by atoms with van der Waals surface area (Å²) in [5.74, 6) is 0.974. The molecule has 5 nitrogen and oxygen atoms in total. The van der Waals surface area contributed by atoms with Crippen molar-refractivity contribution >= 4 is 24.6 Å². The van der Waals surface area contributed by atoms with Crippen molar-refractivity contribution in [1.82, 2.24) is 9.80 Å². The number of carbonyl (C=O) groups excluding carboxylic acids is 1. The summed E-state index contributed by atoms with van der Waals surface area (Å²) >= 11 is 4.48. The zero-order chi connectivity index (χ0) is 13.1. The van der Waals surface area contributed by atoms with E-state index in [4.69, 9.17) is 4.74 Å². The summed E-state index contributed by atoms with van der Waals surface area (Å²) in [5.41, 5.74) is 0. The van der Waals surface area contributed by atoms with Gasteiger partial charge < -0.3 is 9.64 Å². The van der Waals surface area contributed by atoms with Crippen LogP contribution in [0.25, 0.3) is 0 Å². The second-order valence-corrected chi connectivity index (χ2v) is 5.32.